The third-order valence-electron chi connectivity index (χ3n) is 2.82. The van der Waals surface area contributed by atoms with Crippen molar-refractivity contribution in [3.63, 3.8) is 0 Å². The number of amidine groups is 1. The maximum atomic E-state index is 9.22. The first-order valence-electron chi connectivity index (χ1n) is 5.01. The van der Waals surface area contributed by atoms with Gasteiger partial charge >= 0.3 is 0 Å². The predicted octanol–water partition coefficient (Wildman–Crippen LogP) is 0.794. The van der Waals surface area contributed by atoms with Gasteiger partial charge in [-0.05, 0) is 27.3 Å². The summed E-state index contributed by atoms with van der Waals surface area (Å²) >= 11 is 0. The first-order valence-corrected chi connectivity index (χ1v) is 5.01. The summed E-state index contributed by atoms with van der Waals surface area (Å²) < 4.78 is 0. The van der Waals surface area contributed by atoms with Crippen molar-refractivity contribution in [2.24, 2.45) is 5.73 Å². The van der Waals surface area contributed by atoms with Gasteiger partial charge in [0.2, 0.25) is 0 Å². The van der Waals surface area contributed by atoms with Gasteiger partial charge in [0.1, 0.15) is 0 Å². The highest BCUT2D eigenvalue weighted by molar-refractivity contribution is 5.77. The minimum atomic E-state index is -0.254. The van der Waals surface area contributed by atoms with Crippen LogP contribution in [0, 0.1) is 5.41 Å². The minimum Gasteiger partial charge on any atom is -0.394 e. The Morgan fingerprint density at radius 3 is 2.36 bits per heavy atom. The Labute approximate surface area is 86.6 Å². The molecule has 4 heteroatoms. The van der Waals surface area contributed by atoms with E-state index in [1.54, 1.807) is 0 Å². The topological polar surface area (TPSA) is 73.3 Å². The van der Waals surface area contributed by atoms with Crippen LogP contribution in [0.5, 0.6) is 0 Å². The third kappa shape index (κ3) is 3.64. The molecule has 0 fully saturated rings. The summed E-state index contributed by atoms with van der Waals surface area (Å²) in [6, 6.07) is 0.231. The van der Waals surface area contributed by atoms with Gasteiger partial charge in [0.15, 0.2) is 0 Å². The fourth-order valence-corrected chi connectivity index (χ4v) is 1.41. The van der Waals surface area contributed by atoms with E-state index in [9.17, 15) is 5.11 Å². The number of aliphatic hydroxyl groups excluding tert-OH is 1. The summed E-state index contributed by atoms with van der Waals surface area (Å²) in [4.78, 5) is 2.09. The molecule has 4 nitrogen and oxygen atoms in total. The van der Waals surface area contributed by atoms with Gasteiger partial charge < -0.3 is 10.8 Å². The summed E-state index contributed by atoms with van der Waals surface area (Å²) in [5, 5.41) is 16.5. The Morgan fingerprint density at radius 2 is 2.07 bits per heavy atom. The number of nitrogens with two attached hydrogens (primary N) is 1. The summed E-state index contributed by atoms with van der Waals surface area (Å²) in [7, 11) is 1.97. The zero-order valence-corrected chi connectivity index (χ0v) is 9.67. The molecule has 0 aliphatic rings. The van der Waals surface area contributed by atoms with E-state index < -0.39 is 0 Å². The van der Waals surface area contributed by atoms with E-state index in [4.69, 9.17) is 11.1 Å². The van der Waals surface area contributed by atoms with E-state index >= 15 is 0 Å². The highest BCUT2D eigenvalue weighted by Crippen LogP contribution is 2.18. The lowest BCUT2D eigenvalue weighted by atomic mass is 9.99. The average Bonchev–Trinajstić information content (AvgIpc) is 2.12. The standard InChI is InChI=1S/C10H23N3O/c1-5-8(6-9(11)12)13(4)10(2,3)7-14/h8,14H,5-7H2,1-4H3,(H3,11,12). The van der Waals surface area contributed by atoms with Gasteiger partial charge in [-0.3, -0.25) is 10.3 Å². The zero-order valence-electron chi connectivity index (χ0n) is 9.67. The van der Waals surface area contributed by atoms with E-state index in [1.165, 1.54) is 0 Å². The molecule has 0 spiro atoms. The van der Waals surface area contributed by atoms with Crippen molar-refractivity contribution in [3.05, 3.63) is 0 Å². The molecule has 0 aliphatic carbocycles. The van der Waals surface area contributed by atoms with Crippen molar-refractivity contribution >= 4 is 5.84 Å². The van der Waals surface area contributed by atoms with Crippen LogP contribution >= 0.6 is 0 Å². The van der Waals surface area contributed by atoms with Crippen molar-refractivity contribution in [1.82, 2.24) is 4.90 Å². The summed E-state index contributed by atoms with van der Waals surface area (Å²) in [6.07, 6.45) is 1.50. The highest BCUT2D eigenvalue weighted by Gasteiger charge is 2.28. The molecule has 0 aliphatic heterocycles. The van der Waals surface area contributed by atoms with Gasteiger partial charge in [0.05, 0.1) is 12.4 Å². The van der Waals surface area contributed by atoms with E-state index in [0.29, 0.717) is 6.42 Å². The van der Waals surface area contributed by atoms with Crippen LogP contribution in [0.3, 0.4) is 0 Å². The SMILES string of the molecule is CCC(CC(=N)N)N(C)C(C)(C)CO. The van der Waals surface area contributed by atoms with Gasteiger partial charge in [0.25, 0.3) is 0 Å². The van der Waals surface area contributed by atoms with Crippen LogP contribution in [0.2, 0.25) is 0 Å². The van der Waals surface area contributed by atoms with E-state index in [0.717, 1.165) is 6.42 Å². The molecular weight excluding hydrogens is 178 g/mol. The molecule has 0 amide bonds. The smallest absolute Gasteiger partial charge is 0.0921 e. The number of aliphatic hydroxyl groups is 1. The van der Waals surface area contributed by atoms with Crippen LogP contribution in [-0.2, 0) is 0 Å². The van der Waals surface area contributed by atoms with Crippen molar-refractivity contribution in [2.45, 2.75) is 45.2 Å². The van der Waals surface area contributed by atoms with Gasteiger partial charge in [-0.2, -0.15) is 0 Å². The molecule has 0 aromatic carbocycles. The second-order valence-corrected chi connectivity index (χ2v) is 4.37. The van der Waals surface area contributed by atoms with Gasteiger partial charge in [-0.15, -0.1) is 0 Å². The Kier molecular flexibility index (Phi) is 5.08. The van der Waals surface area contributed by atoms with Crippen LogP contribution in [0.25, 0.3) is 0 Å². The van der Waals surface area contributed by atoms with Gasteiger partial charge in [-0.25, -0.2) is 0 Å². The monoisotopic (exact) mass is 201 g/mol. The molecule has 84 valence electrons. The van der Waals surface area contributed by atoms with E-state index in [1.807, 2.05) is 20.9 Å². The molecule has 1 atom stereocenters. The number of nitrogens with zero attached hydrogens (tertiary/aromatic N) is 1. The second kappa shape index (κ2) is 5.32. The number of likely N-dealkylation sites (N-methyl/N-ethyl adjacent to an activating group) is 1. The molecule has 0 aromatic rings. The van der Waals surface area contributed by atoms with E-state index in [2.05, 4.69) is 11.8 Å². The van der Waals surface area contributed by atoms with Crippen molar-refractivity contribution in [2.75, 3.05) is 13.7 Å². The maximum Gasteiger partial charge on any atom is 0.0921 e. The molecular formula is C10H23N3O. The summed E-state index contributed by atoms with van der Waals surface area (Å²) in [5.74, 6) is 0.206. The first kappa shape index (κ1) is 13.4. The fraction of sp³-hybridized carbons (Fsp3) is 0.900. The van der Waals surface area contributed by atoms with Crippen molar-refractivity contribution in [3.8, 4) is 0 Å². The predicted molar refractivity (Wildman–Crippen MR) is 59.5 cm³/mol. The Balaban J connectivity index is 4.44. The van der Waals surface area contributed by atoms with Crippen molar-refractivity contribution in [1.29, 1.82) is 5.41 Å². The quantitative estimate of drug-likeness (QED) is 0.439. The normalized spacial score (nSPS) is 14.4. The lowest BCUT2D eigenvalue weighted by Gasteiger charge is -2.39. The molecule has 1 unspecified atom stereocenters. The lowest BCUT2D eigenvalue weighted by molar-refractivity contribution is 0.0456. The van der Waals surface area contributed by atoms with Crippen LogP contribution in [-0.4, -0.2) is 41.1 Å². The molecule has 0 heterocycles. The average molecular weight is 201 g/mol. The van der Waals surface area contributed by atoms with E-state index in [-0.39, 0.29) is 24.0 Å². The lowest BCUT2D eigenvalue weighted by Crippen LogP contribution is -2.50. The first-order chi connectivity index (χ1) is 6.35. The summed E-state index contributed by atoms with van der Waals surface area (Å²) in [5.41, 5.74) is 5.13. The van der Waals surface area contributed by atoms with Gasteiger partial charge in [0, 0.05) is 18.0 Å². The number of hydrogen-bond acceptors (Lipinski definition) is 3. The second-order valence-electron chi connectivity index (χ2n) is 4.37. The minimum absolute atomic E-state index is 0.109. The van der Waals surface area contributed by atoms with Gasteiger partial charge in [-0.1, -0.05) is 6.92 Å². The number of rotatable bonds is 6. The third-order valence-corrected chi connectivity index (χ3v) is 2.82. The number of hydrogen-bond donors (Lipinski definition) is 3. The Hall–Kier alpha value is -0.610. The summed E-state index contributed by atoms with van der Waals surface area (Å²) in [6.45, 7) is 6.14. The van der Waals surface area contributed by atoms with Crippen LogP contribution < -0.4 is 5.73 Å². The highest BCUT2D eigenvalue weighted by atomic mass is 16.3. The zero-order chi connectivity index (χ0) is 11.4. The van der Waals surface area contributed by atoms with Crippen molar-refractivity contribution < 1.29 is 5.11 Å². The maximum absolute atomic E-state index is 9.22. The number of nitrogens with one attached hydrogen (secondary N) is 1. The molecule has 0 saturated heterocycles. The molecule has 0 saturated carbocycles. The molecule has 0 rings (SSSR count). The fourth-order valence-electron chi connectivity index (χ4n) is 1.41. The Morgan fingerprint density at radius 1 is 1.57 bits per heavy atom. The van der Waals surface area contributed by atoms with Crippen LogP contribution in [0.15, 0.2) is 0 Å². The molecule has 4 N–H and O–H groups in total. The van der Waals surface area contributed by atoms with Crippen LogP contribution in [0.1, 0.15) is 33.6 Å². The molecule has 0 aromatic heterocycles. The molecule has 14 heavy (non-hydrogen) atoms. The molecule has 0 bridgehead atoms. The Bertz CT molecular complexity index is 192. The van der Waals surface area contributed by atoms with Crippen LogP contribution in [0.4, 0.5) is 0 Å². The largest absolute Gasteiger partial charge is 0.394 e. The molecule has 0 radical (unpaired) electrons.